The minimum absolute atomic E-state index is 0.147. The highest BCUT2D eigenvalue weighted by Crippen LogP contribution is 2.15. The summed E-state index contributed by atoms with van der Waals surface area (Å²) in [5.74, 6) is -2.29. The number of aliphatic carboxylic acids is 1. The van der Waals surface area contributed by atoms with Crippen molar-refractivity contribution in [2.45, 2.75) is 212 Å². The lowest BCUT2D eigenvalue weighted by Crippen LogP contribution is -2.44. The number of esters is 2. The van der Waals surface area contributed by atoms with Gasteiger partial charge in [0.15, 0.2) is 12.4 Å². The molecular weight excluding hydrogens is 755 g/mol. The van der Waals surface area contributed by atoms with Gasteiger partial charge in [0.25, 0.3) is 0 Å². The lowest BCUT2D eigenvalue weighted by Gasteiger charge is -2.26. The van der Waals surface area contributed by atoms with Crippen molar-refractivity contribution >= 4 is 17.9 Å². The van der Waals surface area contributed by atoms with Crippen LogP contribution in [0, 0.1) is 0 Å². The second-order valence-electron chi connectivity index (χ2n) is 17.4. The van der Waals surface area contributed by atoms with Crippen molar-refractivity contribution in [3.8, 4) is 0 Å². The van der Waals surface area contributed by atoms with E-state index in [0.717, 1.165) is 70.6 Å². The molecule has 348 valence electrons. The average Bonchev–Trinajstić information content (AvgIpc) is 3.21. The quantitative estimate of drug-likeness (QED) is 0.0196. The highest BCUT2D eigenvalue weighted by Gasteiger charge is 2.21. The van der Waals surface area contributed by atoms with Crippen LogP contribution in [0.4, 0.5) is 0 Å². The Labute approximate surface area is 368 Å². The fourth-order valence-electron chi connectivity index (χ4n) is 6.59. The topological polar surface area (TPSA) is 111 Å². The van der Waals surface area contributed by atoms with E-state index in [1.54, 1.807) is 0 Å². The van der Waals surface area contributed by atoms with Gasteiger partial charge in [-0.15, -0.1) is 0 Å². The summed E-state index contributed by atoms with van der Waals surface area (Å²) in [7, 11) is 5.91. The van der Waals surface area contributed by atoms with Crippen LogP contribution < -0.4 is 5.11 Å². The predicted molar refractivity (Wildman–Crippen MR) is 246 cm³/mol. The van der Waals surface area contributed by atoms with Gasteiger partial charge in [0.05, 0.1) is 40.3 Å². The van der Waals surface area contributed by atoms with Gasteiger partial charge in [-0.2, -0.15) is 0 Å². The molecule has 0 heterocycles. The molecule has 0 aromatic carbocycles. The van der Waals surface area contributed by atoms with E-state index in [1.807, 2.05) is 21.1 Å². The van der Waals surface area contributed by atoms with Crippen LogP contribution in [0.3, 0.4) is 0 Å². The molecule has 0 fully saturated rings. The summed E-state index contributed by atoms with van der Waals surface area (Å²) in [6.45, 7) is 4.62. The van der Waals surface area contributed by atoms with E-state index >= 15 is 0 Å². The fourth-order valence-corrected chi connectivity index (χ4v) is 6.59. The van der Waals surface area contributed by atoms with Crippen LogP contribution in [0.25, 0.3) is 0 Å². The predicted octanol–water partition coefficient (Wildman–Crippen LogP) is 11.8. The normalized spacial score (nSPS) is 13.3. The molecule has 0 aromatic heterocycles. The van der Waals surface area contributed by atoms with Crippen LogP contribution in [0.1, 0.15) is 200 Å². The standard InChI is InChI=1S/C51H91NO8/c1-6-8-10-12-14-16-18-20-21-22-23-24-25-26-27-28-29-30-32-34-36-38-40-42-49(54)60-47(46-59-51(50(55)56)57-44-43-52(3,4)5)45-58-48(53)41-39-37-35-33-31-19-17-15-13-11-9-7-2/h8,10,14,16,20-21,23-24,47,51H,6-7,9,11-13,15,17-19,22,25-46H2,1-5H3/b10-8-,16-14-,21-20-,24-23-. The van der Waals surface area contributed by atoms with E-state index < -0.39 is 24.3 Å². The Morgan fingerprint density at radius 2 is 0.950 bits per heavy atom. The summed E-state index contributed by atoms with van der Waals surface area (Å²) in [4.78, 5) is 37.0. The Morgan fingerprint density at radius 3 is 1.42 bits per heavy atom. The second kappa shape index (κ2) is 42.9. The average molecular weight is 846 g/mol. The SMILES string of the molecule is CC/C=C\C/C=C\C/C=C\C/C=C\CCCCCCCCCCCCC(=O)OC(COC(=O)CCCCCCCCCCCCCC)COC(OCC[N+](C)(C)C)C(=O)[O-]. The third-order valence-electron chi connectivity index (χ3n) is 10.3. The lowest BCUT2D eigenvalue weighted by molar-refractivity contribution is -0.870. The molecule has 2 unspecified atom stereocenters. The summed E-state index contributed by atoms with van der Waals surface area (Å²) >= 11 is 0. The molecule has 0 aliphatic rings. The zero-order chi connectivity index (χ0) is 44.2. The van der Waals surface area contributed by atoms with Crippen molar-refractivity contribution in [2.24, 2.45) is 0 Å². The molecule has 9 nitrogen and oxygen atoms in total. The Morgan fingerprint density at radius 1 is 0.517 bits per heavy atom. The van der Waals surface area contributed by atoms with E-state index in [4.69, 9.17) is 18.9 Å². The lowest BCUT2D eigenvalue weighted by atomic mass is 10.0. The first kappa shape index (κ1) is 57.2. The molecular formula is C51H91NO8. The third-order valence-corrected chi connectivity index (χ3v) is 10.3. The van der Waals surface area contributed by atoms with Crippen LogP contribution in [-0.4, -0.2) is 82.3 Å². The first-order chi connectivity index (χ1) is 29.1. The number of likely N-dealkylation sites (N-methyl/N-ethyl adjacent to an activating group) is 1. The van der Waals surface area contributed by atoms with Crippen LogP contribution in [0.15, 0.2) is 48.6 Å². The zero-order valence-corrected chi connectivity index (χ0v) is 39.3. The van der Waals surface area contributed by atoms with Gasteiger partial charge < -0.3 is 33.3 Å². The van der Waals surface area contributed by atoms with Crippen LogP contribution in [-0.2, 0) is 33.3 Å². The fraction of sp³-hybridized carbons (Fsp3) is 0.784. The Kier molecular flexibility index (Phi) is 41.0. The number of hydrogen-bond acceptors (Lipinski definition) is 8. The van der Waals surface area contributed by atoms with Gasteiger partial charge in [-0.05, 0) is 51.4 Å². The molecule has 0 aliphatic carbocycles. The van der Waals surface area contributed by atoms with Crippen molar-refractivity contribution < 1.29 is 42.9 Å². The van der Waals surface area contributed by atoms with Gasteiger partial charge in [-0.1, -0.05) is 184 Å². The highest BCUT2D eigenvalue weighted by molar-refractivity contribution is 5.70. The maximum Gasteiger partial charge on any atom is 0.306 e. The molecule has 0 amide bonds. The van der Waals surface area contributed by atoms with Gasteiger partial charge >= 0.3 is 11.9 Å². The third kappa shape index (κ3) is 43.3. The smallest absolute Gasteiger partial charge is 0.306 e. The summed E-state index contributed by atoms with van der Waals surface area (Å²) in [5, 5.41) is 11.7. The van der Waals surface area contributed by atoms with Crippen molar-refractivity contribution in [1.82, 2.24) is 0 Å². The maximum atomic E-state index is 12.8. The number of carbonyl (C=O) groups excluding carboxylic acids is 3. The summed E-state index contributed by atoms with van der Waals surface area (Å²) in [6.07, 6.45) is 47.1. The number of hydrogen-bond donors (Lipinski definition) is 0. The molecule has 0 N–H and O–H groups in total. The Hall–Kier alpha value is -2.75. The molecule has 0 radical (unpaired) electrons. The first-order valence-corrected chi connectivity index (χ1v) is 24.3. The summed E-state index contributed by atoms with van der Waals surface area (Å²) in [5.41, 5.74) is 0. The largest absolute Gasteiger partial charge is 0.545 e. The van der Waals surface area contributed by atoms with Gasteiger partial charge in [0.1, 0.15) is 13.2 Å². The number of nitrogens with zero attached hydrogens (tertiary/aromatic N) is 1. The summed E-state index contributed by atoms with van der Waals surface area (Å²) < 4.78 is 22.6. The van der Waals surface area contributed by atoms with Crippen molar-refractivity contribution in [3.05, 3.63) is 48.6 Å². The van der Waals surface area contributed by atoms with Crippen LogP contribution in [0.5, 0.6) is 0 Å². The number of carboxylic acid groups (broad SMARTS) is 1. The van der Waals surface area contributed by atoms with Gasteiger partial charge in [-0.3, -0.25) is 9.59 Å². The van der Waals surface area contributed by atoms with E-state index in [9.17, 15) is 19.5 Å². The number of ether oxygens (including phenoxy) is 4. The first-order valence-electron chi connectivity index (χ1n) is 24.3. The number of quaternary nitrogens is 1. The number of allylic oxidation sites excluding steroid dienone is 8. The minimum Gasteiger partial charge on any atom is -0.545 e. The van der Waals surface area contributed by atoms with Crippen molar-refractivity contribution in [1.29, 1.82) is 0 Å². The molecule has 0 rings (SSSR count). The highest BCUT2D eigenvalue weighted by atomic mass is 16.7. The van der Waals surface area contributed by atoms with E-state index in [2.05, 4.69) is 62.5 Å². The molecule has 0 spiro atoms. The van der Waals surface area contributed by atoms with Gasteiger partial charge in [0, 0.05) is 12.8 Å². The Bertz CT molecular complexity index is 1120. The minimum atomic E-state index is -1.62. The number of rotatable bonds is 44. The monoisotopic (exact) mass is 846 g/mol. The molecule has 9 heteroatoms. The van der Waals surface area contributed by atoms with Gasteiger partial charge in [-0.25, -0.2) is 0 Å². The van der Waals surface area contributed by atoms with E-state index in [0.29, 0.717) is 23.9 Å². The van der Waals surface area contributed by atoms with Crippen LogP contribution >= 0.6 is 0 Å². The van der Waals surface area contributed by atoms with Crippen molar-refractivity contribution in [2.75, 3.05) is 47.5 Å². The van der Waals surface area contributed by atoms with Gasteiger partial charge in [0.2, 0.25) is 0 Å². The van der Waals surface area contributed by atoms with Crippen molar-refractivity contribution in [3.63, 3.8) is 0 Å². The molecule has 60 heavy (non-hydrogen) atoms. The maximum absolute atomic E-state index is 12.8. The number of carbonyl (C=O) groups is 3. The zero-order valence-electron chi connectivity index (χ0n) is 39.3. The Balaban J connectivity index is 4.32. The van der Waals surface area contributed by atoms with E-state index in [-0.39, 0.29) is 32.2 Å². The molecule has 0 bridgehead atoms. The number of carboxylic acids is 1. The molecule has 0 aromatic rings. The molecule has 0 saturated carbocycles. The second-order valence-corrected chi connectivity index (χ2v) is 17.4. The molecule has 0 saturated heterocycles. The molecule has 0 aliphatic heterocycles. The molecule has 2 atom stereocenters. The summed E-state index contributed by atoms with van der Waals surface area (Å²) in [6, 6.07) is 0. The van der Waals surface area contributed by atoms with Crippen LogP contribution in [0.2, 0.25) is 0 Å². The number of unbranched alkanes of at least 4 members (excludes halogenated alkanes) is 21. The van der Waals surface area contributed by atoms with E-state index in [1.165, 1.54) is 96.3 Å².